The first kappa shape index (κ1) is 12.6. The van der Waals surface area contributed by atoms with Crippen LogP contribution in [0, 0.1) is 13.8 Å². The fourth-order valence-corrected chi connectivity index (χ4v) is 2.08. The molecule has 94 valence electrons. The first-order chi connectivity index (χ1) is 8.74. The molecule has 3 rings (SSSR count). The van der Waals surface area contributed by atoms with Gasteiger partial charge in [-0.15, -0.1) is 0 Å². The zero-order valence-electron chi connectivity index (χ0n) is 11.4. The highest BCUT2D eigenvalue weighted by Gasteiger charge is 2.17. The Morgan fingerprint density at radius 1 is 1.00 bits per heavy atom. The number of hydrogen-bond acceptors (Lipinski definition) is 2. The highest BCUT2D eigenvalue weighted by molar-refractivity contribution is 5.74. The van der Waals surface area contributed by atoms with Crippen LogP contribution in [0.4, 0.5) is 0 Å². The summed E-state index contributed by atoms with van der Waals surface area (Å²) in [4.78, 5) is 4.51. The van der Waals surface area contributed by atoms with Gasteiger partial charge in [0.15, 0.2) is 0 Å². The van der Waals surface area contributed by atoms with Gasteiger partial charge >= 0.3 is 0 Å². The summed E-state index contributed by atoms with van der Waals surface area (Å²) in [7, 11) is 0. The normalized spacial score (nSPS) is 11.6. The van der Waals surface area contributed by atoms with Gasteiger partial charge in [0.1, 0.15) is 12.4 Å². The van der Waals surface area contributed by atoms with Crippen LogP contribution in [-0.2, 0) is 6.61 Å². The number of pyridine rings is 1. The van der Waals surface area contributed by atoms with E-state index in [9.17, 15) is 0 Å². The van der Waals surface area contributed by atoms with E-state index >= 15 is 0 Å². The Labute approximate surface area is 109 Å². The smallest absolute Gasteiger partial charge is 0.131 e. The lowest BCUT2D eigenvalue weighted by molar-refractivity contribution is 0.296. The van der Waals surface area contributed by atoms with E-state index in [2.05, 4.69) is 36.2 Å². The van der Waals surface area contributed by atoms with Gasteiger partial charge in [-0.1, -0.05) is 32.0 Å². The second-order valence-electron chi connectivity index (χ2n) is 4.24. The van der Waals surface area contributed by atoms with E-state index in [1.807, 2.05) is 26.8 Å². The Bertz CT molecular complexity index is 510. The predicted octanol–water partition coefficient (Wildman–Crippen LogP) is 4.28. The van der Waals surface area contributed by atoms with Gasteiger partial charge in [0.05, 0.1) is 5.69 Å². The third-order valence-corrected chi connectivity index (χ3v) is 2.91. The summed E-state index contributed by atoms with van der Waals surface area (Å²) in [6.45, 7) is 8.66. The molecular weight excluding hydrogens is 222 g/mol. The maximum Gasteiger partial charge on any atom is 0.131 e. The number of benzene rings is 1. The van der Waals surface area contributed by atoms with Crippen LogP contribution in [0.3, 0.4) is 0 Å². The van der Waals surface area contributed by atoms with Crippen LogP contribution in [0.5, 0.6) is 5.75 Å². The molecule has 2 heteroatoms. The maximum absolute atomic E-state index is 5.72. The van der Waals surface area contributed by atoms with Gasteiger partial charge in [-0.3, -0.25) is 4.98 Å². The van der Waals surface area contributed by atoms with Crippen molar-refractivity contribution in [3.63, 3.8) is 0 Å². The molecule has 0 atom stereocenters. The molecule has 0 saturated carbocycles. The van der Waals surface area contributed by atoms with Crippen molar-refractivity contribution in [1.29, 1.82) is 0 Å². The van der Waals surface area contributed by atoms with Crippen LogP contribution >= 0.6 is 0 Å². The molecule has 0 aliphatic carbocycles. The van der Waals surface area contributed by atoms with Gasteiger partial charge in [-0.2, -0.15) is 0 Å². The topological polar surface area (TPSA) is 22.1 Å². The molecule has 1 aromatic carbocycles. The number of aromatic nitrogens is 1. The van der Waals surface area contributed by atoms with Crippen LogP contribution < -0.4 is 4.74 Å². The van der Waals surface area contributed by atoms with Crippen molar-refractivity contribution in [1.82, 2.24) is 4.98 Å². The van der Waals surface area contributed by atoms with Crippen molar-refractivity contribution in [2.24, 2.45) is 0 Å². The second-order valence-corrected chi connectivity index (χ2v) is 4.24. The molecule has 18 heavy (non-hydrogen) atoms. The molecule has 0 N–H and O–H groups in total. The van der Waals surface area contributed by atoms with Gasteiger partial charge in [0.25, 0.3) is 0 Å². The number of hydrogen-bond donors (Lipinski definition) is 0. The van der Waals surface area contributed by atoms with Crippen molar-refractivity contribution in [2.45, 2.75) is 34.3 Å². The number of ether oxygens (including phenoxy) is 1. The molecule has 0 bridgehead atoms. The monoisotopic (exact) mass is 241 g/mol. The molecule has 1 aliphatic heterocycles. The summed E-state index contributed by atoms with van der Waals surface area (Å²) in [5, 5.41) is 0. The van der Waals surface area contributed by atoms with Crippen molar-refractivity contribution >= 4 is 0 Å². The minimum Gasteiger partial charge on any atom is -0.487 e. The molecule has 0 radical (unpaired) electrons. The number of nitrogens with zero attached hydrogens (tertiary/aromatic N) is 1. The molecule has 0 fully saturated rings. The zero-order valence-corrected chi connectivity index (χ0v) is 11.4. The Hall–Kier alpha value is -1.83. The van der Waals surface area contributed by atoms with E-state index in [1.54, 1.807) is 0 Å². The highest BCUT2D eigenvalue weighted by Crippen LogP contribution is 2.37. The number of rotatable bonds is 0. The molecule has 2 aromatic rings. The molecule has 0 spiro atoms. The van der Waals surface area contributed by atoms with E-state index in [-0.39, 0.29) is 0 Å². The van der Waals surface area contributed by atoms with Crippen LogP contribution in [-0.4, -0.2) is 4.98 Å². The van der Waals surface area contributed by atoms with Crippen LogP contribution in [0.25, 0.3) is 11.1 Å². The van der Waals surface area contributed by atoms with Gasteiger partial charge in [0, 0.05) is 16.8 Å². The first-order valence-corrected chi connectivity index (χ1v) is 6.44. The Balaban J connectivity index is 0.000000574. The van der Waals surface area contributed by atoms with E-state index in [4.69, 9.17) is 4.74 Å². The largest absolute Gasteiger partial charge is 0.487 e. The predicted molar refractivity (Wildman–Crippen MR) is 74.8 cm³/mol. The molecule has 0 saturated heterocycles. The lowest BCUT2D eigenvalue weighted by atomic mass is 9.99. The van der Waals surface area contributed by atoms with Gasteiger partial charge in [-0.25, -0.2) is 0 Å². The van der Waals surface area contributed by atoms with Crippen molar-refractivity contribution in [3.05, 3.63) is 47.3 Å². The molecule has 1 aliphatic rings. The average molecular weight is 241 g/mol. The Morgan fingerprint density at radius 3 is 2.50 bits per heavy atom. The van der Waals surface area contributed by atoms with Crippen LogP contribution in [0.15, 0.2) is 30.3 Å². The fourth-order valence-electron chi connectivity index (χ4n) is 2.08. The Morgan fingerprint density at radius 2 is 1.72 bits per heavy atom. The molecule has 2 heterocycles. The molecule has 1 aromatic heterocycles. The maximum atomic E-state index is 5.72. The van der Waals surface area contributed by atoms with Crippen molar-refractivity contribution in [2.75, 3.05) is 0 Å². The average Bonchev–Trinajstić information content (AvgIpc) is 2.40. The summed E-state index contributed by atoms with van der Waals surface area (Å²) < 4.78 is 5.72. The van der Waals surface area contributed by atoms with Crippen LogP contribution in [0.2, 0.25) is 0 Å². The van der Waals surface area contributed by atoms with Crippen molar-refractivity contribution < 1.29 is 4.74 Å². The Kier molecular flexibility index (Phi) is 3.66. The minimum absolute atomic E-state index is 0.577. The van der Waals surface area contributed by atoms with E-state index in [1.165, 1.54) is 11.1 Å². The minimum atomic E-state index is 0.577. The van der Waals surface area contributed by atoms with E-state index < -0.39 is 0 Å². The summed E-state index contributed by atoms with van der Waals surface area (Å²) in [5.41, 5.74) is 5.66. The van der Waals surface area contributed by atoms with Crippen LogP contribution in [0.1, 0.15) is 30.8 Å². The lowest BCUT2D eigenvalue weighted by Gasteiger charge is -2.20. The molecular formula is C16H19NO. The standard InChI is InChI=1S/C14H13NO.C2H6/c1-9-3-5-12-11-6-4-10(2)15-13(11)8-16-14(12)7-9;1-2/h3-7H,8H2,1-2H3;1-2H3. The first-order valence-electron chi connectivity index (χ1n) is 6.44. The van der Waals surface area contributed by atoms with Gasteiger partial charge in [-0.05, 0) is 31.5 Å². The third kappa shape index (κ3) is 2.23. The summed E-state index contributed by atoms with van der Waals surface area (Å²) in [5.74, 6) is 0.971. The number of fused-ring (bicyclic) bond motifs is 3. The summed E-state index contributed by atoms with van der Waals surface area (Å²) in [6, 6.07) is 10.5. The lowest BCUT2D eigenvalue weighted by Crippen LogP contribution is -2.08. The van der Waals surface area contributed by atoms with E-state index in [0.29, 0.717) is 6.61 Å². The number of aryl methyl sites for hydroxylation is 2. The van der Waals surface area contributed by atoms with Gasteiger partial charge in [0.2, 0.25) is 0 Å². The SMILES string of the molecule is CC.Cc1ccc2c(c1)OCc1nc(C)ccc1-2. The molecule has 0 amide bonds. The quantitative estimate of drug-likeness (QED) is 0.686. The molecule has 0 unspecified atom stereocenters. The second kappa shape index (κ2) is 5.21. The highest BCUT2D eigenvalue weighted by atomic mass is 16.5. The van der Waals surface area contributed by atoms with E-state index in [0.717, 1.165) is 22.7 Å². The van der Waals surface area contributed by atoms with Crippen molar-refractivity contribution in [3.8, 4) is 16.9 Å². The third-order valence-electron chi connectivity index (χ3n) is 2.91. The fraction of sp³-hybridized carbons (Fsp3) is 0.312. The zero-order chi connectivity index (χ0) is 13.1. The summed E-state index contributed by atoms with van der Waals surface area (Å²) >= 11 is 0. The van der Waals surface area contributed by atoms with Gasteiger partial charge < -0.3 is 4.74 Å². The molecule has 2 nitrogen and oxygen atoms in total. The summed E-state index contributed by atoms with van der Waals surface area (Å²) in [6.07, 6.45) is 0.